The van der Waals surface area contributed by atoms with Gasteiger partial charge in [0.05, 0.1) is 23.8 Å². The first-order valence-electron chi connectivity index (χ1n) is 7.82. The van der Waals surface area contributed by atoms with Crippen molar-refractivity contribution in [3.05, 3.63) is 58.9 Å². The van der Waals surface area contributed by atoms with E-state index in [0.29, 0.717) is 26.3 Å². The maximum absolute atomic E-state index is 13.8. The fourth-order valence-electron chi connectivity index (χ4n) is 2.50. The first-order valence-corrected chi connectivity index (χ1v) is 9.64. The van der Waals surface area contributed by atoms with Crippen LogP contribution in [0.5, 0.6) is 0 Å². The molecule has 0 aromatic heterocycles. The highest BCUT2D eigenvalue weighted by atomic mass is 35.5. The van der Waals surface area contributed by atoms with Crippen molar-refractivity contribution >= 4 is 33.2 Å². The molecule has 2 aromatic carbocycles. The largest absolute Gasteiger partial charge is 0.379 e. The molecule has 138 valence electrons. The van der Waals surface area contributed by atoms with E-state index in [1.54, 1.807) is 0 Å². The standard InChI is InChI=1S/C17H16ClFN2O4S/c18-13-3-6-16(15(19)11-13)20-17(22)12-1-4-14(5-2-12)26(23,24)21-7-9-25-10-8-21/h1-6,11H,7-10H2,(H,20,22). The van der Waals surface area contributed by atoms with Gasteiger partial charge in [-0.3, -0.25) is 4.79 Å². The Bertz CT molecular complexity index is 913. The summed E-state index contributed by atoms with van der Waals surface area (Å²) in [6, 6.07) is 9.39. The summed E-state index contributed by atoms with van der Waals surface area (Å²) in [5, 5.41) is 2.65. The second-order valence-corrected chi connectivity index (χ2v) is 7.99. The Morgan fingerprint density at radius 1 is 1.12 bits per heavy atom. The quantitative estimate of drug-likeness (QED) is 0.859. The molecule has 3 rings (SSSR count). The third-order valence-electron chi connectivity index (χ3n) is 3.90. The van der Waals surface area contributed by atoms with Crippen molar-refractivity contribution in [2.45, 2.75) is 4.90 Å². The van der Waals surface area contributed by atoms with E-state index >= 15 is 0 Å². The molecule has 1 amide bonds. The smallest absolute Gasteiger partial charge is 0.255 e. The summed E-state index contributed by atoms with van der Waals surface area (Å²) < 4.78 is 45.3. The van der Waals surface area contributed by atoms with Crippen LogP contribution in [0.2, 0.25) is 5.02 Å². The minimum absolute atomic E-state index is 0.00980. The summed E-state index contributed by atoms with van der Waals surface area (Å²) in [6.45, 7) is 1.29. The number of carbonyl (C=O) groups is 1. The number of carbonyl (C=O) groups excluding carboxylic acids is 1. The Morgan fingerprint density at radius 2 is 1.77 bits per heavy atom. The summed E-state index contributed by atoms with van der Waals surface area (Å²) in [4.78, 5) is 12.3. The third kappa shape index (κ3) is 4.04. The molecule has 0 unspecified atom stereocenters. The monoisotopic (exact) mass is 398 g/mol. The van der Waals surface area contributed by atoms with Gasteiger partial charge in [-0.15, -0.1) is 0 Å². The molecule has 0 saturated carbocycles. The molecule has 1 N–H and O–H groups in total. The number of nitrogens with zero attached hydrogens (tertiary/aromatic N) is 1. The first-order chi connectivity index (χ1) is 12.4. The van der Waals surface area contributed by atoms with E-state index in [4.69, 9.17) is 16.3 Å². The van der Waals surface area contributed by atoms with Crippen LogP contribution in [0.25, 0.3) is 0 Å². The van der Waals surface area contributed by atoms with Crippen molar-refractivity contribution in [3.63, 3.8) is 0 Å². The van der Waals surface area contributed by atoms with Gasteiger partial charge < -0.3 is 10.1 Å². The fourth-order valence-corrected chi connectivity index (χ4v) is 4.07. The van der Waals surface area contributed by atoms with Gasteiger partial charge in [0.25, 0.3) is 5.91 Å². The van der Waals surface area contributed by atoms with E-state index < -0.39 is 21.7 Å². The Kier molecular flexibility index (Phi) is 5.57. The van der Waals surface area contributed by atoms with Crippen molar-refractivity contribution < 1.29 is 22.3 Å². The minimum Gasteiger partial charge on any atom is -0.379 e. The van der Waals surface area contributed by atoms with Crippen LogP contribution in [-0.4, -0.2) is 44.9 Å². The van der Waals surface area contributed by atoms with Gasteiger partial charge in [-0.2, -0.15) is 4.31 Å². The lowest BCUT2D eigenvalue weighted by Gasteiger charge is -2.26. The summed E-state index contributed by atoms with van der Waals surface area (Å²) in [6.07, 6.45) is 0. The number of amides is 1. The molecule has 2 aromatic rings. The van der Waals surface area contributed by atoms with Crippen molar-refractivity contribution in [1.82, 2.24) is 4.31 Å². The number of anilines is 1. The van der Waals surface area contributed by atoms with Gasteiger partial charge in [-0.1, -0.05) is 11.6 Å². The lowest BCUT2D eigenvalue weighted by Crippen LogP contribution is -2.40. The highest BCUT2D eigenvalue weighted by molar-refractivity contribution is 7.89. The molecule has 1 aliphatic heterocycles. The number of benzene rings is 2. The van der Waals surface area contributed by atoms with Gasteiger partial charge in [0.2, 0.25) is 10.0 Å². The molecule has 9 heteroatoms. The Labute approximate surface area is 155 Å². The molecule has 1 heterocycles. The molecular weight excluding hydrogens is 383 g/mol. The van der Waals surface area contributed by atoms with Gasteiger partial charge >= 0.3 is 0 Å². The zero-order chi connectivity index (χ0) is 18.7. The van der Waals surface area contributed by atoms with E-state index in [1.807, 2.05) is 0 Å². The molecule has 6 nitrogen and oxygen atoms in total. The van der Waals surface area contributed by atoms with Crippen molar-refractivity contribution in [3.8, 4) is 0 Å². The summed E-state index contributed by atoms with van der Waals surface area (Å²) in [7, 11) is -3.63. The molecule has 0 bridgehead atoms. The molecule has 26 heavy (non-hydrogen) atoms. The van der Waals surface area contributed by atoms with E-state index in [0.717, 1.165) is 6.07 Å². The lowest BCUT2D eigenvalue weighted by atomic mass is 10.2. The Balaban J connectivity index is 1.75. The van der Waals surface area contributed by atoms with E-state index in [1.165, 1.54) is 40.7 Å². The van der Waals surface area contributed by atoms with Gasteiger partial charge in [0.1, 0.15) is 5.82 Å². The SMILES string of the molecule is O=C(Nc1ccc(Cl)cc1F)c1ccc(S(=O)(=O)N2CCOCC2)cc1. The van der Waals surface area contributed by atoms with Crippen molar-refractivity contribution in [2.24, 2.45) is 0 Å². The zero-order valence-electron chi connectivity index (χ0n) is 13.6. The molecule has 0 radical (unpaired) electrons. The number of ether oxygens (including phenoxy) is 1. The third-order valence-corrected chi connectivity index (χ3v) is 6.05. The van der Waals surface area contributed by atoms with Gasteiger partial charge in [-0.25, -0.2) is 12.8 Å². The second-order valence-electron chi connectivity index (χ2n) is 5.62. The van der Waals surface area contributed by atoms with Crippen LogP contribution < -0.4 is 5.32 Å². The summed E-state index contributed by atoms with van der Waals surface area (Å²) >= 11 is 5.67. The van der Waals surface area contributed by atoms with Crippen LogP contribution in [-0.2, 0) is 14.8 Å². The number of hydrogen-bond acceptors (Lipinski definition) is 4. The fraction of sp³-hybridized carbons (Fsp3) is 0.235. The number of nitrogens with one attached hydrogen (secondary N) is 1. The number of rotatable bonds is 4. The Hall–Kier alpha value is -2.00. The average Bonchev–Trinajstić information content (AvgIpc) is 2.65. The average molecular weight is 399 g/mol. The minimum atomic E-state index is -3.63. The van der Waals surface area contributed by atoms with Crippen LogP contribution in [0.4, 0.5) is 10.1 Å². The van der Waals surface area contributed by atoms with Gasteiger partial charge in [0, 0.05) is 23.7 Å². The molecule has 0 aliphatic carbocycles. The molecule has 1 fully saturated rings. The highest BCUT2D eigenvalue weighted by Gasteiger charge is 2.26. The molecule has 0 atom stereocenters. The maximum Gasteiger partial charge on any atom is 0.255 e. The predicted octanol–water partition coefficient (Wildman–Crippen LogP) is 2.75. The zero-order valence-corrected chi connectivity index (χ0v) is 15.2. The predicted molar refractivity (Wildman–Crippen MR) is 95.4 cm³/mol. The van der Waals surface area contributed by atoms with Crippen molar-refractivity contribution in [2.75, 3.05) is 31.6 Å². The maximum atomic E-state index is 13.8. The topological polar surface area (TPSA) is 75.7 Å². The van der Waals surface area contributed by atoms with Crippen LogP contribution in [0.1, 0.15) is 10.4 Å². The van der Waals surface area contributed by atoms with E-state index in [-0.39, 0.29) is 21.2 Å². The van der Waals surface area contributed by atoms with Crippen LogP contribution in [0.3, 0.4) is 0 Å². The number of sulfonamides is 1. The number of hydrogen-bond donors (Lipinski definition) is 1. The van der Waals surface area contributed by atoms with E-state index in [9.17, 15) is 17.6 Å². The first kappa shape index (κ1) is 18.8. The van der Waals surface area contributed by atoms with E-state index in [2.05, 4.69) is 5.32 Å². The molecule has 1 aliphatic rings. The highest BCUT2D eigenvalue weighted by Crippen LogP contribution is 2.21. The number of halogens is 2. The summed E-state index contributed by atoms with van der Waals surface area (Å²) in [5.74, 6) is -1.21. The Morgan fingerprint density at radius 3 is 2.38 bits per heavy atom. The van der Waals surface area contributed by atoms with Crippen LogP contribution in [0.15, 0.2) is 47.4 Å². The van der Waals surface area contributed by atoms with Crippen molar-refractivity contribution in [1.29, 1.82) is 0 Å². The normalized spacial score (nSPS) is 15.6. The lowest BCUT2D eigenvalue weighted by molar-refractivity contribution is 0.0730. The molecular formula is C17H16ClFN2O4S. The summed E-state index contributed by atoms with van der Waals surface area (Å²) in [5.41, 5.74) is 0.199. The van der Waals surface area contributed by atoms with Gasteiger partial charge in [0.15, 0.2) is 0 Å². The molecule has 1 saturated heterocycles. The second kappa shape index (κ2) is 7.71. The van der Waals surface area contributed by atoms with Crippen LogP contribution >= 0.6 is 11.6 Å². The molecule has 0 spiro atoms. The number of morpholine rings is 1. The van der Waals surface area contributed by atoms with Crippen LogP contribution in [0, 0.1) is 5.82 Å². The van der Waals surface area contributed by atoms with Gasteiger partial charge in [-0.05, 0) is 42.5 Å².